The second-order valence-electron chi connectivity index (χ2n) is 5.90. The van der Waals surface area contributed by atoms with Crippen LogP contribution >= 0.6 is 11.8 Å². The van der Waals surface area contributed by atoms with Crippen LogP contribution < -0.4 is 15.5 Å². The average Bonchev–Trinajstić information content (AvgIpc) is 3.30. The highest BCUT2D eigenvalue weighted by atomic mass is 32.2. The largest absolute Gasteiger partial charge is 0.351 e. The molecular formula is C15H19N7OS. The molecule has 0 aromatic carbocycles. The summed E-state index contributed by atoms with van der Waals surface area (Å²) in [5, 5.41) is 6.37. The summed E-state index contributed by atoms with van der Waals surface area (Å²) >= 11 is 1.58. The monoisotopic (exact) mass is 345 g/mol. The number of anilines is 1. The molecule has 24 heavy (non-hydrogen) atoms. The van der Waals surface area contributed by atoms with Crippen LogP contribution in [-0.2, 0) is 4.79 Å². The maximum Gasteiger partial charge on any atom is 0.259 e. The Bertz CT molecular complexity index is 768. The van der Waals surface area contributed by atoms with E-state index in [0.717, 1.165) is 54.6 Å². The molecule has 126 valence electrons. The summed E-state index contributed by atoms with van der Waals surface area (Å²) in [6.45, 7) is 3.54. The number of fused-ring (bicyclic) bond motifs is 1. The number of aromatic nitrogens is 4. The Morgan fingerprint density at radius 3 is 3.25 bits per heavy atom. The lowest BCUT2D eigenvalue weighted by Crippen LogP contribution is -2.34. The summed E-state index contributed by atoms with van der Waals surface area (Å²) < 4.78 is 0. The van der Waals surface area contributed by atoms with E-state index in [1.54, 1.807) is 18.1 Å². The van der Waals surface area contributed by atoms with E-state index in [9.17, 15) is 4.79 Å². The van der Waals surface area contributed by atoms with Gasteiger partial charge in [-0.3, -0.25) is 4.79 Å². The predicted octanol–water partition coefficient (Wildman–Crippen LogP) is 0.473. The van der Waals surface area contributed by atoms with Gasteiger partial charge in [0.15, 0.2) is 11.5 Å². The summed E-state index contributed by atoms with van der Waals surface area (Å²) in [6.07, 6.45) is 6.10. The van der Waals surface area contributed by atoms with Crippen LogP contribution in [0.1, 0.15) is 6.42 Å². The van der Waals surface area contributed by atoms with Crippen LogP contribution in [-0.4, -0.2) is 57.8 Å². The molecular weight excluding hydrogens is 326 g/mol. The summed E-state index contributed by atoms with van der Waals surface area (Å²) in [5.74, 6) is 2.12. The van der Waals surface area contributed by atoms with Gasteiger partial charge in [-0.1, -0.05) is 0 Å². The van der Waals surface area contributed by atoms with Crippen molar-refractivity contribution in [1.82, 2.24) is 30.6 Å². The molecule has 2 aliphatic rings. The Hall–Kier alpha value is -2.13. The Balaban J connectivity index is 1.50. The van der Waals surface area contributed by atoms with Gasteiger partial charge in [0.1, 0.15) is 11.8 Å². The standard InChI is InChI=1S/C15H19N7OS/c23-15(17-6-10-1-2-16-5-10)11-7-22(3-4-24-11)14-12-13(19-8-18-12)20-9-21-14/h7-10,16H,1-6H2,(H,17,23)(H,18,19,20,21)/t10-/m0/s1. The first-order valence-electron chi connectivity index (χ1n) is 8.05. The highest BCUT2D eigenvalue weighted by Gasteiger charge is 2.22. The number of hydrogen-bond donors (Lipinski definition) is 3. The van der Waals surface area contributed by atoms with E-state index in [1.165, 1.54) is 6.33 Å². The van der Waals surface area contributed by atoms with Crippen LogP contribution in [0.5, 0.6) is 0 Å². The first-order chi connectivity index (χ1) is 11.8. The van der Waals surface area contributed by atoms with Crippen molar-refractivity contribution in [3.63, 3.8) is 0 Å². The molecule has 4 heterocycles. The van der Waals surface area contributed by atoms with Crippen molar-refractivity contribution in [2.24, 2.45) is 5.92 Å². The molecule has 3 N–H and O–H groups in total. The molecule has 4 rings (SSSR count). The molecule has 8 nitrogen and oxygen atoms in total. The second kappa shape index (κ2) is 6.78. The zero-order chi connectivity index (χ0) is 16.4. The third-order valence-electron chi connectivity index (χ3n) is 4.28. The lowest BCUT2D eigenvalue weighted by atomic mass is 10.1. The molecule has 0 radical (unpaired) electrons. The van der Waals surface area contributed by atoms with E-state index in [2.05, 4.69) is 30.6 Å². The number of carbonyl (C=O) groups is 1. The fourth-order valence-corrected chi connectivity index (χ4v) is 3.88. The van der Waals surface area contributed by atoms with Gasteiger partial charge in [-0.05, 0) is 25.4 Å². The number of rotatable bonds is 4. The Kier molecular flexibility index (Phi) is 4.35. The fraction of sp³-hybridized carbons (Fsp3) is 0.467. The van der Waals surface area contributed by atoms with Crippen LogP contribution in [0.25, 0.3) is 11.2 Å². The molecule has 2 aliphatic heterocycles. The van der Waals surface area contributed by atoms with Crippen molar-refractivity contribution in [2.45, 2.75) is 6.42 Å². The van der Waals surface area contributed by atoms with E-state index in [-0.39, 0.29) is 5.91 Å². The van der Waals surface area contributed by atoms with Gasteiger partial charge in [0.05, 0.1) is 11.2 Å². The van der Waals surface area contributed by atoms with E-state index in [4.69, 9.17) is 0 Å². The quantitative estimate of drug-likeness (QED) is 0.741. The molecule has 1 fully saturated rings. The van der Waals surface area contributed by atoms with E-state index < -0.39 is 0 Å². The van der Waals surface area contributed by atoms with Crippen molar-refractivity contribution in [2.75, 3.05) is 36.8 Å². The van der Waals surface area contributed by atoms with Gasteiger partial charge in [0.25, 0.3) is 5.91 Å². The minimum absolute atomic E-state index is 0.00786. The fourth-order valence-electron chi connectivity index (χ4n) is 2.97. The summed E-state index contributed by atoms with van der Waals surface area (Å²) in [5.41, 5.74) is 1.42. The van der Waals surface area contributed by atoms with Gasteiger partial charge in [-0.25, -0.2) is 15.0 Å². The van der Waals surface area contributed by atoms with E-state index in [0.29, 0.717) is 11.6 Å². The lowest BCUT2D eigenvalue weighted by molar-refractivity contribution is -0.117. The van der Waals surface area contributed by atoms with Gasteiger partial charge in [0.2, 0.25) is 0 Å². The predicted molar refractivity (Wildman–Crippen MR) is 93.6 cm³/mol. The van der Waals surface area contributed by atoms with Crippen molar-refractivity contribution in [3.05, 3.63) is 23.8 Å². The number of imidazole rings is 1. The number of aromatic amines is 1. The summed E-state index contributed by atoms with van der Waals surface area (Å²) in [6, 6.07) is 0. The maximum atomic E-state index is 12.4. The van der Waals surface area contributed by atoms with Crippen molar-refractivity contribution in [3.8, 4) is 0 Å². The van der Waals surface area contributed by atoms with Crippen LogP contribution in [0.4, 0.5) is 5.82 Å². The van der Waals surface area contributed by atoms with E-state index in [1.807, 2.05) is 11.1 Å². The smallest absolute Gasteiger partial charge is 0.259 e. The minimum atomic E-state index is -0.00786. The van der Waals surface area contributed by atoms with Crippen molar-refractivity contribution >= 4 is 34.7 Å². The Labute approximate surface area is 143 Å². The molecule has 0 unspecified atom stereocenters. The van der Waals surface area contributed by atoms with Gasteiger partial charge in [-0.2, -0.15) is 0 Å². The number of amides is 1. The first-order valence-corrected chi connectivity index (χ1v) is 9.04. The Morgan fingerprint density at radius 1 is 1.42 bits per heavy atom. The molecule has 2 aromatic heterocycles. The summed E-state index contributed by atoms with van der Waals surface area (Å²) in [4.78, 5) is 30.9. The van der Waals surface area contributed by atoms with Crippen molar-refractivity contribution < 1.29 is 4.79 Å². The zero-order valence-electron chi connectivity index (χ0n) is 13.2. The molecule has 0 aliphatic carbocycles. The topological polar surface area (TPSA) is 98.8 Å². The van der Waals surface area contributed by atoms with Gasteiger partial charge < -0.3 is 20.5 Å². The molecule has 0 spiro atoms. The number of nitrogens with one attached hydrogen (secondary N) is 3. The maximum absolute atomic E-state index is 12.4. The highest BCUT2D eigenvalue weighted by Crippen LogP contribution is 2.27. The number of nitrogens with zero attached hydrogens (tertiary/aromatic N) is 4. The zero-order valence-corrected chi connectivity index (χ0v) is 14.0. The second-order valence-corrected chi connectivity index (χ2v) is 7.04. The van der Waals surface area contributed by atoms with Crippen LogP contribution in [0.3, 0.4) is 0 Å². The van der Waals surface area contributed by atoms with Gasteiger partial charge >= 0.3 is 0 Å². The SMILES string of the molecule is O=C(NC[C@H]1CCNC1)C1=CN(c2ncnc3nc[nH]c23)CCS1. The highest BCUT2D eigenvalue weighted by molar-refractivity contribution is 8.04. The first kappa shape index (κ1) is 15.4. The van der Waals surface area contributed by atoms with Crippen LogP contribution in [0.2, 0.25) is 0 Å². The third kappa shape index (κ3) is 3.09. The molecule has 1 atom stereocenters. The number of H-pyrrole nitrogens is 1. The van der Waals surface area contributed by atoms with E-state index >= 15 is 0 Å². The normalized spacial score (nSPS) is 21.1. The van der Waals surface area contributed by atoms with Crippen LogP contribution in [0.15, 0.2) is 23.8 Å². The minimum Gasteiger partial charge on any atom is -0.351 e. The van der Waals surface area contributed by atoms with Crippen molar-refractivity contribution in [1.29, 1.82) is 0 Å². The molecule has 9 heteroatoms. The number of thioether (sulfide) groups is 1. The molecule has 0 saturated carbocycles. The van der Waals surface area contributed by atoms with Gasteiger partial charge in [0, 0.05) is 25.0 Å². The third-order valence-corrected chi connectivity index (χ3v) is 5.26. The number of hydrogen-bond acceptors (Lipinski definition) is 7. The molecule has 0 bridgehead atoms. The Morgan fingerprint density at radius 2 is 2.38 bits per heavy atom. The molecule has 1 saturated heterocycles. The number of carbonyl (C=O) groups excluding carboxylic acids is 1. The summed E-state index contributed by atoms with van der Waals surface area (Å²) in [7, 11) is 0. The van der Waals surface area contributed by atoms with Gasteiger partial charge in [-0.15, -0.1) is 11.8 Å². The lowest BCUT2D eigenvalue weighted by Gasteiger charge is -2.25. The molecule has 1 amide bonds. The average molecular weight is 345 g/mol. The molecule has 2 aromatic rings. The van der Waals surface area contributed by atoms with Crippen LogP contribution in [0, 0.1) is 5.92 Å².